The maximum absolute atomic E-state index is 12.2. The summed E-state index contributed by atoms with van der Waals surface area (Å²) in [5.41, 5.74) is 0.909. The maximum Gasteiger partial charge on any atom is 0.255 e. The van der Waals surface area contributed by atoms with E-state index in [1.54, 1.807) is 7.05 Å². The Bertz CT molecular complexity index is 328. The van der Waals surface area contributed by atoms with E-state index in [2.05, 4.69) is 24.1 Å². The zero-order chi connectivity index (χ0) is 12.8. The Morgan fingerprint density at radius 1 is 1.47 bits per heavy atom. The van der Waals surface area contributed by atoms with Gasteiger partial charge in [-0.1, -0.05) is 13.8 Å². The predicted molar refractivity (Wildman–Crippen MR) is 67.9 cm³/mol. The van der Waals surface area contributed by atoms with Crippen molar-refractivity contribution in [3.05, 3.63) is 11.1 Å². The molecule has 0 amide bonds. The van der Waals surface area contributed by atoms with Gasteiger partial charge in [0.15, 0.2) is 5.13 Å². The fourth-order valence-electron chi connectivity index (χ4n) is 1.33. The van der Waals surface area contributed by atoms with E-state index in [1.165, 1.54) is 16.2 Å². The van der Waals surface area contributed by atoms with E-state index in [-0.39, 0.29) is 6.54 Å². The number of thiazole rings is 1. The van der Waals surface area contributed by atoms with Gasteiger partial charge in [-0.25, -0.2) is 13.8 Å². The lowest BCUT2D eigenvalue weighted by Crippen LogP contribution is -2.24. The Kier molecular flexibility index (Phi) is 5.77. The number of hydrogen-bond donors (Lipinski definition) is 1. The third kappa shape index (κ3) is 5.41. The van der Waals surface area contributed by atoms with Crippen LogP contribution in [-0.4, -0.2) is 31.5 Å². The summed E-state index contributed by atoms with van der Waals surface area (Å²) >= 11 is 1.40. The van der Waals surface area contributed by atoms with Gasteiger partial charge >= 0.3 is 0 Å². The van der Waals surface area contributed by atoms with Crippen LogP contribution in [0.2, 0.25) is 0 Å². The van der Waals surface area contributed by atoms with Gasteiger partial charge in [-0.15, -0.1) is 11.3 Å². The van der Waals surface area contributed by atoms with Crippen molar-refractivity contribution in [2.24, 2.45) is 5.92 Å². The second-order valence-corrected chi connectivity index (χ2v) is 5.25. The smallest absolute Gasteiger partial charge is 0.255 e. The Hall–Kier alpha value is -0.750. The molecule has 3 nitrogen and oxygen atoms in total. The molecule has 0 spiro atoms. The van der Waals surface area contributed by atoms with Crippen molar-refractivity contribution < 1.29 is 8.78 Å². The monoisotopic (exact) mass is 263 g/mol. The van der Waals surface area contributed by atoms with Gasteiger partial charge in [0.1, 0.15) is 0 Å². The van der Waals surface area contributed by atoms with Crippen LogP contribution in [0.4, 0.5) is 13.9 Å². The lowest BCUT2D eigenvalue weighted by Gasteiger charge is -2.14. The van der Waals surface area contributed by atoms with Crippen molar-refractivity contribution in [1.82, 2.24) is 10.3 Å². The lowest BCUT2D eigenvalue weighted by molar-refractivity contribution is 0.156. The molecule has 1 heterocycles. The van der Waals surface area contributed by atoms with Gasteiger partial charge in [0.05, 0.1) is 12.2 Å². The first-order chi connectivity index (χ1) is 7.99. The standard InChI is InChI=1S/C11H19F2N3S/c1-8(2)4-14-5-9-7-17-11(15-9)16(3)6-10(12)13/h7-8,10,14H,4-6H2,1-3H3. The van der Waals surface area contributed by atoms with Crippen LogP contribution in [0.25, 0.3) is 0 Å². The highest BCUT2D eigenvalue weighted by molar-refractivity contribution is 7.13. The van der Waals surface area contributed by atoms with E-state index in [0.29, 0.717) is 17.6 Å². The molecular weight excluding hydrogens is 244 g/mol. The van der Waals surface area contributed by atoms with Crippen LogP contribution in [0.5, 0.6) is 0 Å². The number of nitrogens with zero attached hydrogens (tertiary/aromatic N) is 2. The minimum absolute atomic E-state index is 0.271. The molecule has 6 heteroatoms. The highest BCUT2D eigenvalue weighted by atomic mass is 32.1. The molecule has 0 saturated carbocycles. The van der Waals surface area contributed by atoms with E-state index in [1.807, 2.05) is 5.38 Å². The second kappa shape index (κ2) is 6.86. The van der Waals surface area contributed by atoms with E-state index in [0.717, 1.165) is 12.2 Å². The van der Waals surface area contributed by atoms with Gasteiger partial charge in [-0.05, 0) is 12.5 Å². The SMILES string of the molecule is CC(C)CNCc1csc(N(C)CC(F)F)n1. The summed E-state index contributed by atoms with van der Waals surface area (Å²) < 4.78 is 24.4. The van der Waals surface area contributed by atoms with E-state index in [9.17, 15) is 8.78 Å². The Morgan fingerprint density at radius 3 is 2.76 bits per heavy atom. The van der Waals surface area contributed by atoms with Gasteiger partial charge in [-0.3, -0.25) is 0 Å². The number of hydrogen-bond acceptors (Lipinski definition) is 4. The molecule has 98 valence electrons. The molecule has 0 saturated heterocycles. The minimum Gasteiger partial charge on any atom is -0.345 e. The summed E-state index contributed by atoms with van der Waals surface area (Å²) in [5.74, 6) is 0.592. The summed E-state index contributed by atoms with van der Waals surface area (Å²) in [6, 6.07) is 0. The molecule has 0 atom stereocenters. The van der Waals surface area contributed by atoms with Gasteiger partial charge in [0, 0.05) is 19.0 Å². The molecule has 0 aromatic carbocycles. The van der Waals surface area contributed by atoms with Gasteiger partial charge < -0.3 is 10.2 Å². The first kappa shape index (κ1) is 14.3. The number of halogens is 2. The zero-order valence-corrected chi connectivity index (χ0v) is 11.2. The largest absolute Gasteiger partial charge is 0.345 e. The molecule has 0 fully saturated rings. The third-order valence-corrected chi connectivity index (χ3v) is 3.14. The van der Waals surface area contributed by atoms with Crippen molar-refractivity contribution in [2.45, 2.75) is 26.8 Å². The van der Waals surface area contributed by atoms with E-state index >= 15 is 0 Å². The molecule has 1 aromatic rings. The van der Waals surface area contributed by atoms with Crippen LogP contribution in [0.1, 0.15) is 19.5 Å². The summed E-state index contributed by atoms with van der Waals surface area (Å²) in [4.78, 5) is 5.80. The molecule has 0 aliphatic carbocycles. The molecular formula is C11H19F2N3S. The number of anilines is 1. The average molecular weight is 263 g/mol. The Balaban J connectivity index is 2.42. The number of alkyl halides is 2. The highest BCUT2D eigenvalue weighted by Gasteiger charge is 2.11. The number of aromatic nitrogens is 1. The molecule has 17 heavy (non-hydrogen) atoms. The molecule has 1 N–H and O–H groups in total. The molecule has 1 rings (SSSR count). The fraction of sp³-hybridized carbons (Fsp3) is 0.727. The zero-order valence-electron chi connectivity index (χ0n) is 10.4. The normalized spacial score (nSPS) is 11.5. The van der Waals surface area contributed by atoms with Gasteiger partial charge in [0.2, 0.25) is 0 Å². The first-order valence-electron chi connectivity index (χ1n) is 5.63. The molecule has 0 aliphatic rings. The molecule has 0 aliphatic heterocycles. The average Bonchev–Trinajstić information content (AvgIpc) is 2.64. The van der Waals surface area contributed by atoms with Crippen LogP contribution < -0.4 is 10.2 Å². The highest BCUT2D eigenvalue weighted by Crippen LogP contribution is 2.19. The Labute approximate surface area is 105 Å². The van der Waals surface area contributed by atoms with Crippen LogP contribution in [0.3, 0.4) is 0 Å². The summed E-state index contributed by atoms with van der Waals surface area (Å²) in [6.45, 7) is 5.62. The third-order valence-electron chi connectivity index (χ3n) is 2.14. The maximum atomic E-state index is 12.2. The Morgan fingerprint density at radius 2 is 2.18 bits per heavy atom. The minimum atomic E-state index is -2.33. The quantitative estimate of drug-likeness (QED) is 0.819. The van der Waals surface area contributed by atoms with Gasteiger partial charge in [-0.2, -0.15) is 0 Å². The second-order valence-electron chi connectivity index (χ2n) is 4.42. The first-order valence-corrected chi connectivity index (χ1v) is 6.51. The van der Waals surface area contributed by atoms with Crippen molar-refractivity contribution in [3.8, 4) is 0 Å². The molecule has 0 radical (unpaired) electrons. The number of nitrogens with one attached hydrogen (secondary N) is 1. The van der Waals surface area contributed by atoms with E-state index in [4.69, 9.17) is 0 Å². The van der Waals surface area contributed by atoms with Crippen LogP contribution in [0.15, 0.2) is 5.38 Å². The molecule has 1 aromatic heterocycles. The van der Waals surface area contributed by atoms with Gasteiger partial charge in [0.25, 0.3) is 6.43 Å². The summed E-state index contributed by atoms with van der Waals surface area (Å²) in [7, 11) is 1.64. The topological polar surface area (TPSA) is 28.2 Å². The molecule has 0 unspecified atom stereocenters. The van der Waals surface area contributed by atoms with E-state index < -0.39 is 6.43 Å². The van der Waals surface area contributed by atoms with Crippen LogP contribution >= 0.6 is 11.3 Å². The lowest BCUT2D eigenvalue weighted by atomic mass is 10.2. The van der Waals surface area contributed by atoms with Crippen molar-refractivity contribution >= 4 is 16.5 Å². The fourth-order valence-corrected chi connectivity index (χ4v) is 2.13. The van der Waals surface area contributed by atoms with Crippen molar-refractivity contribution in [1.29, 1.82) is 0 Å². The van der Waals surface area contributed by atoms with Crippen molar-refractivity contribution in [3.63, 3.8) is 0 Å². The predicted octanol–water partition coefficient (Wildman–Crippen LogP) is 2.59. The van der Waals surface area contributed by atoms with Crippen LogP contribution in [-0.2, 0) is 6.54 Å². The number of rotatable bonds is 7. The summed E-state index contributed by atoms with van der Waals surface area (Å²) in [5, 5.41) is 5.82. The van der Waals surface area contributed by atoms with Crippen molar-refractivity contribution in [2.75, 3.05) is 25.0 Å². The molecule has 0 bridgehead atoms. The van der Waals surface area contributed by atoms with Crippen LogP contribution in [0, 0.1) is 5.92 Å². The summed E-state index contributed by atoms with van der Waals surface area (Å²) in [6.07, 6.45) is -2.33.